The predicted octanol–water partition coefficient (Wildman–Crippen LogP) is 3.37. The van der Waals surface area contributed by atoms with Crippen molar-refractivity contribution in [2.24, 2.45) is 0 Å². The van der Waals surface area contributed by atoms with Crippen molar-refractivity contribution in [1.29, 1.82) is 0 Å². The number of hydrogen-bond acceptors (Lipinski definition) is 4. The molecule has 0 aliphatic carbocycles. The van der Waals surface area contributed by atoms with Gasteiger partial charge in [0.1, 0.15) is 0 Å². The summed E-state index contributed by atoms with van der Waals surface area (Å²) in [6.07, 6.45) is 3.35. The molecule has 0 heterocycles. The number of hydrogen-bond donors (Lipinski definition) is 1. The maximum Gasteiger partial charge on any atom is 0.306 e. The lowest BCUT2D eigenvalue weighted by Crippen LogP contribution is -2.35. The van der Waals surface area contributed by atoms with E-state index in [0.29, 0.717) is 6.54 Å². The monoisotopic (exact) mass is 319 g/mol. The lowest BCUT2D eigenvalue weighted by atomic mass is 10.3. The van der Waals surface area contributed by atoms with E-state index in [4.69, 9.17) is 8.85 Å². The van der Waals surface area contributed by atoms with E-state index < -0.39 is 16.6 Å². The van der Waals surface area contributed by atoms with Crippen molar-refractivity contribution in [3.63, 3.8) is 0 Å². The van der Waals surface area contributed by atoms with E-state index in [0.717, 1.165) is 26.0 Å². The van der Waals surface area contributed by atoms with Gasteiger partial charge in [-0.25, -0.2) is 0 Å². The highest BCUT2D eigenvalue weighted by atomic mass is 28.4. The highest BCUT2D eigenvalue weighted by molar-refractivity contribution is 6.71. The van der Waals surface area contributed by atoms with Crippen molar-refractivity contribution < 1.29 is 13.6 Å². The van der Waals surface area contributed by atoms with Gasteiger partial charge < -0.3 is 14.2 Å². The number of carbonyl (C=O) groups is 1. The Morgan fingerprint density at radius 1 is 1.10 bits per heavy atom. The van der Waals surface area contributed by atoms with Gasteiger partial charge in [0.05, 0.1) is 6.54 Å². The topological polar surface area (TPSA) is 47.6 Å². The molecule has 0 saturated heterocycles. The average molecular weight is 320 g/mol. The molecule has 1 N–H and O–H groups in total. The Morgan fingerprint density at radius 3 is 2.30 bits per heavy atom. The fourth-order valence-corrected chi connectivity index (χ4v) is 4.58. The SMILES string of the molecule is CCCO[Si](C)(C)CCCCNCC(=O)O[Si](C)(C)C. The third-order valence-electron chi connectivity index (χ3n) is 2.77. The zero-order valence-corrected chi connectivity index (χ0v) is 16.2. The van der Waals surface area contributed by atoms with Crippen LogP contribution in [-0.2, 0) is 13.6 Å². The lowest BCUT2D eigenvalue weighted by molar-refractivity contribution is -0.134. The maximum absolute atomic E-state index is 11.5. The summed E-state index contributed by atoms with van der Waals surface area (Å²) in [6.45, 7) is 14.9. The van der Waals surface area contributed by atoms with Gasteiger partial charge in [-0.05, 0) is 58.2 Å². The zero-order chi connectivity index (χ0) is 15.6. The molecule has 0 spiro atoms. The molecular weight excluding hydrogens is 286 g/mol. The molecule has 0 aromatic rings. The number of rotatable bonds is 11. The van der Waals surface area contributed by atoms with Crippen molar-refractivity contribution in [3.8, 4) is 0 Å². The zero-order valence-electron chi connectivity index (χ0n) is 14.2. The van der Waals surface area contributed by atoms with Crippen LogP contribution >= 0.6 is 0 Å². The summed E-state index contributed by atoms with van der Waals surface area (Å²) in [5.74, 6) is -0.120. The molecule has 0 saturated carbocycles. The quantitative estimate of drug-likeness (QED) is 0.468. The Bertz CT molecular complexity index is 278. The van der Waals surface area contributed by atoms with Crippen molar-refractivity contribution in [1.82, 2.24) is 5.32 Å². The van der Waals surface area contributed by atoms with E-state index in [9.17, 15) is 4.79 Å². The van der Waals surface area contributed by atoms with Crippen LogP contribution in [0.25, 0.3) is 0 Å². The molecule has 0 rings (SSSR count). The van der Waals surface area contributed by atoms with Crippen LogP contribution in [0.4, 0.5) is 0 Å². The minimum Gasteiger partial charge on any atom is -0.519 e. The minimum atomic E-state index is -1.73. The van der Waals surface area contributed by atoms with Gasteiger partial charge in [-0.15, -0.1) is 0 Å². The largest absolute Gasteiger partial charge is 0.519 e. The Balaban J connectivity index is 3.56. The first-order chi connectivity index (χ1) is 9.16. The summed E-state index contributed by atoms with van der Waals surface area (Å²) in [5, 5.41) is 3.16. The molecule has 120 valence electrons. The minimum absolute atomic E-state index is 0.120. The van der Waals surface area contributed by atoms with Crippen LogP contribution in [0, 0.1) is 0 Å². The van der Waals surface area contributed by atoms with E-state index in [1.54, 1.807) is 0 Å². The van der Waals surface area contributed by atoms with Gasteiger partial charge in [-0.3, -0.25) is 4.79 Å². The third-order valence-corrected chi connectivity index (χ3v) is 6.15. The van der Waals surface area contributed by atoms with Gasteiger partial charge in [0, 0.05) is 6.61 Å². The van der Waals surface area contributed by atoms with Crippen molar-refractivity contribution in [2.75, 3.05) is 19.7 Å². The van der Waals surface area contributed by atoms with E-state index in [2.05, 4.69) is 25.3 Å². The van der Waals surface area contributed by atoms with Crippen LogP contribution in [0.15, 0.2) is 0 Å². The Morgan fingerprint density at radius 2 is 1.75 bits per heavy atom. The second-order valence-electron chi connectivity index (χ2n) is 6.83. The van der Waals surface area contributed by atoms with Crippen LogP contribution in [0.3, 0.4) is 0 Å². The smallest absolute Gasteiger partial charge is 0.306 e. The van der Waals surface area contributed by atoms with Crippen LogP contribution in [0.2, 0.25) is 38.8 Å². The van der Waals surface area contributed by atoms with E-state index in [1.807, 2.05) is 19.6 Å². The fourth-order valence-electron chi connectivity index (χ4n) is 1.82. The molecule has 4 nitrogen and oxygen atoms in total. The van der Waals surface area contributed by atoms with Gasteiger partial charge in [-0.2, -0.15) is 0 Å². The van der Waals surface area contributed by atoms with Crippen LogP contribution in [0.1, 0.15) is 26.2 Å². The first kappa shape index (κ1) is 19.8. The van der Waals surface area contributed by atoms with Crippen LogP contribution in [0.5, 0.6) is 0 Å². The number of unbranched alkanes of at least 4 members (excludes halogenated alkanes) is 1. The van der Waals surface area contributed by atoms with Crippen molar-refractivity contribution >= 4 is 22.6 Å². The number of carbonyl (C=O) groups excluding carboxylic acids is 1. The van der Waals surface area contributed by atoms with Crippen molar-refractivity contribution in [2.45, 2.75) is 65.0 Å². The number of nitrogens with one attached hydrogen (secondary N) is 1. The van der Waals surface area contributed by atoms with Gasteiger partial charge in [0.15, 0.2) is 8.32 Å². The molecule has 0 aliphatic rings. The second-order valence-corrected chi connectivity index (χ2v) is 15.6. The summed E-state index contributed by atoms with van der Waals surface area (Å²) in [7, 11) is -3.19. The molecule has 20 heavy (non-hydrogen) atoms. The lowest BCUT2D eigenvalue weighted by Gasteiger charge is -2.22. The normalized spacial score (nSPS) is 12.5. The fraction of sp³-hybridized carbons (Fsp3) is 0.929. The highest BCUT2D eigenvalue weighted by Crippen LogP contribution is 2.15. The molecule has 0 aromatic heterocycles. The molecule has 0 atom stereocenters. The third kappa shape index (κ3) is 12.8. The maximum atomic E-state index is 11.5. The van der Waals surface area contributed by atoms with Gasteiger partial charge in [-0.1, -0.05) is 13.3 Å². The molecule has 0 amide bonds. The second kappa shape index (κ2) is 9.70. The van der Waals surface area contributed by atoms with E-state index in [1.165, 1.54) is 12.5 Å². The summed E-state index contributed by atoms with van der Waals surface area (Å²) in [5.41, 5.74) is 0. The van der Waals surface area contributed by atoms with Gasteiger partial charge in [0.25, 0.3) is 0 Å². The predicted molar refractivity (Wildman–Crippen MR) is 90.1 cm³/mol. The van der Waals surface area contributed by atoms with E-state index >= 15 is 0 Å². The van der Waals surface area contributed by atoms with Gasteiger partial charge >= 0.3 is 5.97 Å². The van der Waals surface area contributed by atoms with E-state index in [-0.39, 0.29) is 5.97 Å². The molecule has 0 radical (unpaired) electrons. The molecule has 6 heteroatoms. The van der Waals surface area contributed by atoms with Crippen molar-refractivity contribution in [3.05, 3.63) is 0 Å². The van der Waals surface area contributed by atoms with Crippen LogP contribution in [-0.4, -0.2) is 42.3 Å². The molecule has 0 bridgehead atoms. The first-order valence-electron chi connectivity index (χ1n) is 7.73. The van der Waals surface area contributed by atoms with Crippen LogP contribution < -0.4 is 5.32 Å². The Labute approximate surface area is 126 Å². The Hall–Kier alpha value is -0.176. The summed E-state index contributed by atoms with van der Waals surface area (Å²) < 4.78 is 11.3. The molecule has 0 fully saturated rings. The first-order valence-corrected chi connectivity index (χ1v) is 14.3. The van der Waals surface area contributed by atoms with Gasteiger partial charge in [0.2, 0.25) is 8.32 Å². The molecule has 0 unspecified atom stereocenters. The highest BCUT2D eigenvalue weighted by Gasteiger charge is 2.21. The molecule has 0 aliphatic heterocycles. The summed E-state index contributed by atoms with van der Waals surface area (Å²) in [4.78, 5) is 11.5. The Kier molecular flexibility index (Phi) is 9.62. The summed E-state index contributed by atoms with van der Waals surface area (Å²) in [6, 6.07) is 1.19. The average Bonchev–Trinajstić information content (AvgIpc) is 2.29. The standard InChI is InChI=1S/C14H33NO3Si2/c1-7-11-17-20(5,6)12-9-8-10-15-13-14(16)18-19(2,3)4/h15H,7-13H2,1-6H3. The summed E-state index contributed by atoms with van der Waals surface area (Å²) >= 11 is 0. The molecular formula is C14H33NO3Si2. The molecule has 0 aromatic carbocycles.